The maximum Gasteiger partial charge on any atom is 0.221 e. The summed E-state index contributed by atoms with van der Waals surface area (Å²) in [7, 11) is 1.63. The van der Waals surface area contributed by atoms with Crippen molar-refractivity contribution in [2.75, 3.05) is 17.7 Å². The number of nitrogens with one attached hydrogen (secondary N) is 2. The number of hydrogen-bond donors (Lipinski definition) is 2. The number of anilines is 2. The van der Waals surface area contributed by atoms with Crippen molar-refractivity contribution >= 4 is 38.8 Å². The van der Waals surface area contributed by atoms with Crippen molar-refractivity contribution in [2.24, 2.45) is 0 Å². The molecule has 1 unspecified atom stereocenters. The van der Waals surface area contributed by atoms with Gasteiger partial charge in [0, 0.05) is 12.6 Å². The topological polar surface area (TPSA) is 63.2 Å². The highest BCUT2D eigenvalue weighted by molar-refractivity contribution is 7.18. The standard InChI is InChI=1S/C18H19N3O2S/c1-11(18-21-14-6-4-5-7-17(14)24-18)19-15-10-13(20-12(2)22)8-9-16(15)23-3/h4-11,19H,1-3H3,(H,20,22). The number of carbonyl (C=O) groups is 1. The molecule has 0 aliphatic rings. The van der Waals surface area contributed by atoms with Crippen LogP contribution in [0.25, 0.3) is 10.2 Å². The minimum Gasteiger partial charge on any atom is -0.495 e. The first-order valence-electron chi connectivity index (χ1n) is 7.64. The summed E-state index contributed by atoms with van der Waals surface area (Å²) < 4.78 is 6.58. The molecule has 0 saturated heterocycles. The van der Waals surface area contributed by atoms with Gasteiger partial charge in [0.2, 0.25) is 5.91 Å². The van der Waals surface area contributed by atoms with Gasteiger partial charge in [0.25, 0.3) is 0 Å². The molecule has 0 radical (unpaired) electrons. The Kier molecular flexibility index (Phi) is 4.66. The van der Waals surface area contributed by atoms with E-state index in [1.54, 1.807) is 18.4 Å². The van der Waals surface area contributed by atoms with E-state index >= 15 is 0 Å². The van der Waals surface area contributed by atoms with Crippen LogP contribution in [0.4, 0.5) is 11.4 Å². The molecule has 6 heteroatoms. The first kappa shape index (κ1) is 16.3. The van der Waals surface area contributed by atoms with Gasteiger partial charge in [-0.1, -0.05) is 12.1 Å². The van der Waals surface area contributed by atoms with Gasteiger partial charge in [0.15, 0.2) is 0 Å². The fourth-order valence-corrected chi connectivity index (χ4v) is 3.44. The quantitative estimate of drug-likeness (QED) is 0.720. The van der Waals surface area contributed by atoms with E-state index in [9.17, 15) is 4.79 Å². The van der Waals surface area contributed by atoms with E-state index in [0.717, 1.165) is 27.6 Å². The molecule has 2 aromatic carbocycles. The zero-order valence-electron chi connectivity index (χ0n) is 13.8. The maximum absolute atomic E-state index is 11.3. The summed E-state index contributed by atoms with van der Waals surface area (Å²) >= 11 is 1.67. The van der Waals surface area contributed by atoms with Gasteiger partial charge in [-0.2, -0.15) is 0 Å². The molecule has 0 aliphatic carbocycles. The van der Waals surface area contributed by atoms with Gasteiger partial charge >= 0.3 is 0 Å². The average molecular weight is 341 g/mol. The van der Waals surface area contributed by atoms with E-state index in [1.165, 1.54) is 11.6 Å². The molecule has 0 bridgehead atoms. The first-order chi connectivity index (χ1) is 11.6. The summed E-state index contributed by atoms with van der Waals surface area (Å²) in [5.41, 5.74) is 2.54. The Hall–Kier alpha value is -2.60. The van der Waals surface area contributed by atoms with Crippen molar-refractivity contribution in [3.8, 4) is 5.75 Å². The number of thiazole rings is 1. The van der Waals surface area contributed by atoms with Crippen LogP contribution in [-0.4, -0.2) is 18.0 Å². The monoisotopic (exact) mass is 341 g/mol. The Morgan fingerprint density at radius 3 is 2.75 bits per heavy atom. The minimum atomic E-state index is -0.106. The van der Waals surface area contributed by atoms with Crippen LogP contribution in [0.3, 0.4) is 0 Å². The lowest BCUT2D eigenvalue weighted by atomic mass is 10.2. The zero-order chi connectivity index (χ0) is 17.1. The third kappa shape index (κ3) is 3.49. The molecule has 1 heterocycles. The van der Waals surface area contributed by atoms with Crippen LogP contribution in [-0.2, 0) is 4.79 Å². The fourth-order valence-electron chi connectivity index (χ4n) is 2.47. The third-order valence-electron chi connectivity index (χ3n) is 3.57. The Balaban J connectivity index is 1.86. The van der Waals surface area contributed by atoms with Gasteiger partial charge in [0.05, 0.1) is 29.1 Å². The van der Waals surface area contributed by atoms with Crippen LogP contribution < -0.4 is 15.4 Å². The van der Waals surface area contributed by atoms with E-state index < -0.39 is 0 Å². The lowest BCUT2D eigenvalue weighted by molar-refractivity contribution is -0.114. The molecule has 0 saturated carbocycles. The number of methoxy groups -OCH3 is 1. The van der Waals surface area contributed by atoms with Crippen LogP contribution in [0.1, 0.15) is 24.9 Å². The van der Waals surface area contributed by atoms with Crippen LogP contribution >= 0.6 is 11.3 Å². The summed E-state index contributed by atoms with van der Waals surface area (Å²) in [4.78, 5) is 15.9. The Morgan fingerprint density at radius 2 is 2.04 bits per heavy atom. The van der Waals surface area contributed by atoms with Crippen molar-refractivity contribution in [2.45, 2.75) is 19.9 Å². The highest BCUT2D eigenvalue weighted by Gasteiger charge is 2.14. The van der Waals surface area contributed by atoms with E-state index in [1.807, 2.05) is 36.4 Å². The van der Waals surface area contributed by atoms with Crippen molar-refractivity contribution in [3.63, 3.8) is 0 Å². The van der Waals surface area contributed by atoms with E-state index in [0.29, 0.717) is 0 Å². The van der Waals surface area contributed by atoms with Gasteiger partial charge in [0.1, 0.15) is 10.8 Å². The number of ether oxygens (including phenoxy) is 1. The van der Waals surface area contributed by atoms with Gasteiger partial charge in [-0.3, -0.25) is 4.79 Å². The van der Waals surface area contributed by atoms with E-state index in [2.05, 4.69) is 28.6 Å². The summed E-state index contributed by atoms with van der Waals surface area (Å²) in [6.07, 6.45) is 0. The molecule has 2 N–H and O–H groups in total. The average Bonchev–Trinajstić information content (AvgIpc) is 2.99. The molecule has 3 aromatic rings. The molecular formula is C18H19N3O2S. The number of carbonyl (C=O) groups excluding carboxylic acids is 1. The SMILES string of the molecule is COc1ccc(NC(C)=O)cc1NC(C)c1nc2ccccc2s1. The number of nitrogens with zero attached hydrogens (tertiary/aromatic N) is 1. The highest BCUT2D eigenvalue weighted by Crippen LogP contribution is 2.33. The second-order valence-corrected chi connectivity index (χ2v) is 6.54. The number of aromatic nitrogens is 1. The molecule has 0 fully saturated rings. The second-order valence-electron chi connectivity index (χ2n) is 5.48. The van der Waals surface area contributed by atoms with E-state index in [4.69, 9.17) is 4.74 Å². The van der Waals surface area contributed by atoms with E-state index in [-0.39, 0.29) is 11.9 Å². The molecular weight excluding hydrogens is 322 g/mol. The molecule has 1 amide bonds. The molecule has 5 nitrogen and oxygen atoms in total. The molecule has 1 atom stereocenters. The number of hydrogen-bond acceptors (Lipinski definition) is 5. The zero-order valence-corrected chi connectivity index (χ0v) is 14.6. The minimum absolute atomic E-state index is 0.0175. The smallest absolute Gasteiger partial charge is 0.221 e. The fraction of sp³-hybridized carbons (Fsp3) is 0.222. The van der Waals surface area contributed by atoms with Crippen molar-refractivity contribution in [1.82, 2.24) is 4.98 Å². The Bertz CT molecular complexity index is 843. The van der Waals surface area contributed by atoms with Gasteiger partial charge in [-0.05, 0) is 37.3 Å². The molecule has 124 valence electrons. The van der Waals surface area contributed by atoms with Crippen molar-refractivity contribution in [3.05, 3.63) is 47.5 Å². The number of rotatable bonds is 5. The second kappa shape index (κ2) is 6.88. The van der Waals surface area contributed by atoms with Crippen LogP contribution in [0.15, 0.2) is 42.5 Å². The molecule has 0 aliphatic heterocycles. The predicted octanol–water partition coefficient (Wildman–Crippen LogP) is 4.44. The Labute approximate surface area is 144 Å². The molecule has 3 rings (SSSR count). The summed E-state index contributed by atoms with van der Waals surface area (Å²) in [5.74, 6) is 0.613. The van der Waals surface area contributed by atoms with Gasteiger partial charge in [-0.25, -0.2) is 4.98 Å². The summed E-state index contributed by atoms with van der Waals surface area (Å²) in [6, 6.07) is 13.6. The lowest BCUT2D eigenvalue weighted by Crippen LogP contribution is -2.09. The first-order valence-corrected chi connectivity index (χ1v) is 8.46. The van der Waals surface area contributed by atoms with Crippen molar-refractivity contribution < 1.29 is 9.53 Å². The normalized spacial score (nSPS) is 12.0. The highest BCUT2D eigenvalue weighted by atomic mass is 32.1. The van der Waals surface area contributed by atoms with Gasteiger partial charge < -0.3 is 15.4 Å². The molecule has 0 spiro atoms. The molecule has 24 heavy (non-hydrogen) atoms. The van der Waals surface area contributed by atoms with Gasteiger partial charge in [-0.15, -0.1) is 11.3 Å². The lowest BCUT2D eigenvalue weighted by Gasteiger charge is -2.17. The number of fused-ring (bicyclic) bond motifs is 1. The van der Waals surface area contributed by atoms with Crippen LogP contribution in [0.5, 0.6) is 5.75 Å². The Morgan fingerprint density at radius 1 is 1.25 bits per heavy atom. The third-order valence-corrected chi connectivity index (χ3v) is 4.79. The number of para-hydroxylation sites is 1. The summed E-state index contributed by atoms with van der Waals surface area (Å²) in [5, 5.41) is 7.21. The largest absolute Gasteiger partial charge is 0.495 e. The number of benzene rings is 2. The van der Waals surface area contributed by atoms with Crippen LogP contribution in [0.2, 0.25) is 0 Å². The predicted molar refractivity (Wildman–Crippen MR) is 99.0 cm³/mol. The maximum atomic E-state index is 11.3. The summed E-state index contributed by atoms with van der Waals surface area (Å²) in [6.45, 7) is 3.54. The van der Waals surface area contributed by atoms with Crippen LogP contribution in [0, 0.1) is 0 Å². The molecule has 1 aromatic heterocycles. The number of amides is 1. The van der Waals surface area contributed by atoms with Crippen molar-refractivity contribution in [1.29, 1.82) is 0 Å².